The van der Waals surface area contributed by atoms with Crippen LogP contribution in [0, 0.1) is 0 Å². The van der Waals surface area contributed by atoms with E-state index in [0.29, 0.717) is 6.00 Å². The second-order valence-corrected chi connectivity index (χ2v) is 1.66. The van der Waals surface area contributed by atoms with Crippen LogP contribution in [0.4, 0.5) is 0 Å². The highest BCUT2D eigenvalue weighted by atomic mass is 35.5. The highest BCUT2D eigenvalue weighted by Crippen LogP contribution is 1.86. The van der Waals surface area contributed by atoms with E-state index >= 15 is 0 Å². The second-order valence-electron chi connectivity index (χ2n) is 1.42. The van der Waals surface area contributed by atoms with E-state index in [-0.39, 0.29) is 12.4 Å². The summed E-state index contributed by atoms with van der Waals surface area (Å²) in [6.45, 7) is 6.32. The van der Waals surface area contributed by atoms with Crippen LogP contribution >= 0.6 is 24.0 Å². The van der Waals surface area contributed by atoms with Gasteiger partial charge in [0.15, 0.2) is 0 Å². The second kappa shape index (κ2) is 7.54. The van der Waals surface area contributed by atoms with Crippen LogP contribution in [-0.4, -0.2) is 24.0 Å². The van der Waals surface area contributed by atoms with Crippen LogP contribution in [0.5, 0.6) is 0 Å². The summed E-state index contributed by atoms with van der Waals surface area (Å²) >= 11 is 5.49. The number of hydrogen-bond donors (Lipinski definition) is 0. The molecule has 0 rings (SSSR count). The van der Waals surface area contributed by atoms with Crippen LogP contribution in [0.1, 0.15) is 13.8 Å². The van der Waals surface area contributed by atoms with Crippen molar-refractivity contribution >= 4 is 24.0 Å². The van der Waals surface area contributed by atoms with Crippen molar-refractivity contribution in [3.63, 3.8) is 0 Å². The van der Waals surface area contributed by atoms with E-state index in [9.17, 15) is 0 Å². The first-order valence-electron chi connectivity index (χ1n) is 2.63. The molecule has 0 heterocycles. The molecule has 0 aliphatic carbocycles. The third-order valence-corrected chi connectivity index (χ3v) is 1.40. The van der Waals surface area contributed by atoms with Crippen LogP contribution in [-0.2, 0) is 0 Å². The van der Waals surface area contributed by atoms with Gasteiger partial charge in [0.25, 0.3) is 0 Å². The molecule has 52 valence electrons. The van der Waals surface area contributed by atoms with Crippen LogP contribution in [0.2, 0.25) is 0 Å². The van der Waals surface area contributed by atoms with E-state index in [1.807, 2.05) is 0 Å². The van der Waals surface area contributed by atoms with Crippen LogP contribution < -0.4 is 0 Å². The van der Waals surface area contributed by atoms with Gasteiger partial charge < -0.3 is 0 Å². The normalized spacial score (nSPS) is 9.00. The summed E-state index contributed by atoms with van der Waals surface area (Å²) in [5, 5.41) is 0. The van der Waals surface area contributed by atoms with E-state index in [1.165, 1.54) is 0 Å². The van der Waals surface area contributed by atoms with Gasteiger partial charge in [-0.25, -0.2) is 0 Å². The minimum absolute atomic E-state index is 0. The first-order chi connectivity index (χ1) is 3.35. The summed E-state index contributed by atoms with van der Waals surface area (Å²) < 4.78 is 0. The maximum absolute atomic E-state index is 5.49. The first kappa shape index (κ1) is 11.4. The Morgan fingerprint density at radius 3 is 1.62 bits per heavy atom. The van der Waals surface area contributed by atoms with Gasteiger partial charge in [0, 0.05) is 0 Å². The molecule has 0 radical (unpaired) electrons. The summed E-state index contributed by atoms with van der Waals surface area (Å²) in [6.07, 6.45) is 0. The number of alkyl halides is 1. The summed E-state index contributed by atoms with van der Waals surface area (Å²) in [4.78, 5) is 2.14. The standard InChI is InChI=1S/C5H12ClN.ClH/c1-3-7(4-2)5-6;/h3-5H2,1-2H3;1H. The minimum Gasteiger partial charge on any atom is -0.291 e. The lowest BCUT2D eigenvalue weighted by molar-refractivity contribution is 0.355. The molecular weight excluding hydrogens is 145 g/mol. The van der Waals surface area contributed by atoms with Gasteiger partial charge in [-0.05, 0) is 13.1 Å². The maximum Gasteiger partial charge on any atom is 0.0738 e. The highest BCUT2D eigenvalue weighted by Gasteiger charge is 1.90. The summed E-state index contributed by atoms with van der Waals surface area (Å²) in [6, 6.07) is 0.660. The van der Waals surface area contributed by atoms with Crippen molar-refractivity contribution in [1.82, 2.24) is 4.90 Å². The first-order valence-corrected chi connectivity index (χ1v) is 3.16. The van der Waals surface area contributed by atoms with Gasteiger partial charge in [0.05, 0.1) is 6.00 Å². The van der Waals surface area contributed by atoms with Crippen molar-refractivity contribution in [2.45, 2.75) is 13.8 Å². The lowest BCUT2D eigenvalue weighted by Gasteiger charge is -2.11. The molecule has 0 unspecified atom stereocenters. The van der Waals surface area contributed by atoms with Gasteiger partial charge in [0.2, 0.25) is 0 Å². The Kier molecular flexibility index (Phi) is 10.7. The van der Waals surface area contributed by atoms with Gasteiger partial charge in [-0.1, -0.05) is 13.8 Å². The van der Waals surface area contributed by atoms with Gasteiger partial charge in [-0.3, -0.25) is 4.90 Å². The number of rotatable bonds is 3. The van der Waals surface area contributed by atoms with E-state index in [2.05, 4.69) is 18.7 Å². The average Bonchev–Trinajstić information content (AvgIpc) is 1.72. The zero-order valence-electron chi connectivity index (χ0n) is 5.35. The Labute approximate surface area is 62.4 Å². The zero-order valence-corrected chi connectivity index (χ0v) is 6.93. The Bertz CT molecular complexity index is 31.9. The quantitative estimate of drug-likeness (QED) is 0.448. The molecule has 0 aliphatic heterocycles. The minimum atomic E-state index is 0. The van der Waals surface area contributed by atoms with Gasteiger partial charge in [-0.15, -0.1) is 24.0 Å². The fraction of sp³-hybridized carbons (Fsp3) is 1.00. The molecule has 0 saturated carbocycles. The third-order valence-electron chi connectivity index (χ3n) is 1.06. The van der Waals surface area contributed by atoms with E-state index in [0.717, 1.165) is 13.1 Å². The Morgan fingerprint density at radius 1 is 1.25 bits per heavy atom. The Morgan fingerprint density at radius 2 is 1.62 bits per heavy atom. The molecule has 1 nitrogen and oxygen atoms in total. The molecular formula is C5H13Cl2N. The molecule has 0 N–H and O–H groups in total. The van der Waals surface area contributed by atoms with E-state index < -0.39 is 0 Å². The molecule has 3 heteroatoms. The number of nitrogens with zero attached hydrogens (tertiary/aromatic N) is 1. The van der Waals surface area contributed by atoms with Gasteiger partial charge in [0.1, 0.15) is 0 Å². The largest absolute Gasteiger partial charge is 0.291 e. The molecule has 8 heavy (non-hydrogen) atoms. The van der Waals surface area contributed by atoms with Crippen molar-refractivity contribution in [1.29, 1.82) is 0 Å². The predicted molar refractivity (Wildman–Crippen MR) is 40.9 cm³/mol. The Hall–Kier alpha value is 0.540. The molecule has 0 amide bonds. The summed E-state index contributed by atoms with van der Waals surface area (Å²) in [5.41, 5.74) is 0. The van der Waals surface area contributed by atoms with E-state index in [1.54, 1.807) is 0 Å². The lowest BCUT2D eigenvalue weighted by atomic mass is 10.6. The highest BCUT2D eigenvalue weighted by molar-refractivity contribution is 6.17. The molecule has 0 aromatic rings. The van der Waals surface area contributed by atoms with Crippen LogP contribution in [0.25, 0.3) is 0 Å². The molecule has 0 fully saturated rings. The van der Waals surface area contributed by atoms with Crippen LogP contribution in [0.15, 0.2) is 0 Å². The topological polar surface area (TPSA) is 3.24 Å². The summed E-state index contributed by atoms with van der Waals surface area (Å²) in [5.74, 6) is 0. The maximum atomic E-state index is 5.49. The SMILES string of the molecule is CCN(CC)CCl.Cl. The van der Waals surface area contributed by atoms with Crippen molar-refractivity contribution < 1.29 is 0 Å². The summed E-state index contributed by atoms with van der Waals surface area (Å²) in [7, 11) is 0. The van der Waals surface area contributed by atoms with Gasteiger partial charge >= 0.3 is 0 Å². The smallest absolute Gasteiger partial charge is 0.0738 e. The molecule has 0 aromatic carbocycles. The van der Waals surface area contributed by atoms with Crippen molar-refractivity contribution in [3.8, 4) is 0 Å². The molecule has 0 atom stereocenters. The third kappa shape index (κ3) is 4.69. The monoisotopic (exact) mass is 157 g/mol. The molecule has 0 aliphatic rings. The lowest BCUT2D eigenvalue weighted by Crippen LogP contribution is -2.20. The number of halogens is 2. The molecule has 0 spiro atoms. The fourth-order valence-electron chi connectivity index (χ4n) is 0.393. The van der Waals surface area contributed by atoms with Crippen molar-refractivity contribution in [3.05, 3.63) is 0 Å². The Balaban J connectivity index is 0. The van der Waals surface area contributed by atoms with E-state index in [4.69, 9.17) is 11.6 Å². The fourth-order valence-corrected chi connectivity index (χ4v) is 0.731. The zero-order chi connectivity index (χ0) is 5.70. The average molecular weight is 158 g/mol. The number of hydrogen-bond acceptors (Lipinski definition) is 1. The molecule has 0 aromatic heterocycles. The van der Waals surface area contributed by atoms with Gasteiger partial charge in [-0.2, -0.15) is 0 Å². The van der Waals surface area contributed by atoms with Crippen molar-refractivity contribution in [2.75, 3.05) is 19.1 Å². The molecule has 0 saturated heterocycles. The molecule has 0 bridgehead atoms. The van der Waals surface area contributed by atoms with Crippen molar-refractivity contribution in [2.24, 2.45) is 0 Å². The predicted octanol–water partition coefficient (Wildman–Crippen LogP) is 1.95. The van der Waals surface area contributed by atoms with Crippen LogP contribution in [0.3, 0.4) is 0 Å².